The van der Waals surface area contributed by atoms with Gasteiger partial charge >= 0.3 is 0 Å². The number of benzene rings is 2. The molecule has 0 aromatic heterocycles. The van der Waals surface area contributed by atoms with Crippen molar-refractivity contribution in [3.63, 3.8) is 0 Å². The summed E-state index contributed by atoms with van der Waals surface area (Å²) >= 11 is 16.4. The lowest BCUT2D eigenvalue weighted by Gasteiger charge is -2.38. The van der Waals surface area contributed by atoms with E-state index >= 15 is 0 Å². The quantitative estimate of drug-likeness (QED) is 0.530. The van der Waals surface area contributed by atoms with E-state index in [0.717, 1.165) is 27.7 Å². The van der Waals surface area contributed by atoms with E-state index in [1.165, 1.54) is 0 Å². The van der Waals surface area contributed by atoms with Crippen molar-refractivity contribution >= 4 is 44.8 Å². The molecule has 1 heterocycles. The summed E-state index contributed by atoms with van der Waals surface area (Å²) < 4.78 is 11.8. The Morgan fingerprint density at radius 1 is 1.12 bits per heavy atom. The number of rotatable bonds is 3. The van der Waals surface area contributed by atoms with Gasteiger partial charge in [0.25, 0.3) is 0 Å². The molecule has 0 fully saturated rings. The Labute approximate surface area is 171 Å². The van der Waals surface area contributed by atoms with Crippen molar-refractivity contribution in [1.29, 1.82) is 0 Å². The lowest BCUT2D eigenvalue weighted by Crippen LogP contribution is -2.29. The summed E-state index contributed by atoms with van der Waals surface area (Å²) in [4.78, 5) is 0. The molecule has 0 bridgehead atoms. The van der Waals surface area contributed by atoms with Crippen molar-refractivity contribution in [2.45, 2.75) is 18.4 Å². The summed E-state index contributed by atoms with van der Waals surface area (Å²) in [5.41, 5.74) is 3.26. The molecule has 0 saturated heterocycles. The van der Waals surface area contributed by atoms with Crippen molar-refractivity contribution in [2.24, 2.45) is 5.92 Å². The average Bonchev–Trinajstić information content (AvgIpc) is 3.09. The molecule has 2 unspecified atom stereocenters. The Morgan fingerprint density at radius 3 is 2.65 bits per heavy atom. The van der Waals surface area contributed by atoms with E-state index in [4.69, 9.17) is 32.7 Å². The van der Waals surface area contributed by atoms with E-state index in [2.05, 4.69) is 39.5 Å². The van der Waals surface area contributed by atoms with E-state index in [0.29, 0.717) is 27.5 Å². The number of allylic oxidation sites excluding steroid dienone is 2. The molecule has 0 radical (unpaired) electrons. The zero-order valence-electron chi connectivity index (χ0n) is 14.4. The van der Waals surface area contributed by atoms with Gasteiger partial charge < -0.3 is 14.8 Å². The third-order valence-corrected chi connectivity index (χ3v) is 6.31. The minimum absolute atomic E-state index is 0.119. The van der Waals surface area contributed by atoms with Gasteiger partial charge in [-0.15, -0.1) is 0 Å². The molecule has 1 aliphatic carbocycles. The molecular formula is C20H18BrCl2NO2. The first-order valence-electron chi connectivity index (χ1n) is 8.37. The van der Waals surface area contributed by atoms with Gasteiger partial charge in [0.1, 0.15) is 0 Å². The van der Waals surface area contributed by atoms with Crippen molar-refractivity contribution < 1.29 is 9.47 Å². The standard InChI is InChI=1S/C20H18BrCl2NO2/c1-25-17-7-10(6-14(21)20(17)26-2)19-13-5-3-4-12(13)18-15(23)8-11(22)9-16(18)24-19/h3-4,6-9,12-13,19,24H,5H2,1-2H3/t12?,13?,19-/m0/s1. The predicted octanol–water partition coefficient (Wildman–Crippen LogP) is 6.60. The van der Waals surface area contributed by atoms with Gasteiger partial charge in [0.05, 0.1) is 24.7 Å². The molecular weight excluding hydrogens is 437 g/mol. The molecule has 2 aromatic rings. The number of hydrogen-bond acceptors (Lipinski definition) is 3. The number of nitrogens with one attached hydrogen (secondary N) is 1. The van der Waals surface area contributed by atoms with Crippen molar-refractivity contribution in [3.05, 3.63) is 62.1 Å². The van der Waals surface area contributed by atoms with Crippen LogP contribution in [0.5, 0.6) is 11.5 Å². The molecule has 3 nitrogen and oxygen atoms in total. The Hall–Kier alpha value is -1.36. The van der Waals surface area contributed by atoms with Gasteiger partial charge in [0.15, 0.2) is 11.5 Å². The number of hydrogen-bond donors (Lipinski definition) is 1. The molecule has 2 aliphatic rings. The number of fused-ring (bicyclic) bond motifs is 3. The third-order valence-electron chi connectivity index (χ3n) is 5.19. The van der Waals surface area contributed by atoms with Crippen LogP contribution in [0.2, 0.25) is 10.0 Å². The van der Waals surface area contributed by atoms with Crippen LogP contribution in [0.1, 0.15) is 29.5 Å². The summed E-state index contributed by atoms with van der Waals surface area (Å²) in [6.07, 6.45) is 5.49. The van der Waals surface area contributed by atoms with Gasteiger partial charge in [0, 0.05) is 27.2 Å². The molecule has 0 spiro atoms. The van der Waals surface area contributed by atoms with E-state index in [9.17, 15) is 0 Å². The Bertz CT molecular complexity index is 900. The first-order valence-corrected chi connectivity index (χ1v) is 9.92. The van der Waals surface area contributed by atoms with E-state index < -0.39 is 0 Å². The Kier molecular flexibility index (Phi) is 4.84. The van der Waals surface area contributed by atoms with E-state index in [1.54, 1.807) is 14.2 Å². The second-order valence-electron chi connectivity index (χ2n) is 6.56. The molecule has 136 valence electrons. The van der Waals surface area contributed by atoms with E-state index in [-0.39, 0.29) is 12.0 Å². The highest BCUT2D eigenvalue weighted by Gasteiger charge is 2.39. The second-order valence-corrected chi connectivity index (χ2v) is 8.26. The Balaban J connectivity index is 1.82. The van der Waals surface area contributed by atoms with Crippen LogP contribution < -0.4 is 14.8 Å². The maximum atomic E-state index is 6.52. The monoisotopic (exact) mass is 453 g/mol. The maximum absolute atomic E-state index is 6.52. The number of halogens is 3. The van der Waals surface area contributed by atoms with Crippen LogP contribution in [0, 0.1) is 5.92 Å². The van der Waals surface area contributed by atoms with Gasteiger partial charge in [-0.1, -0.05) is 35.4 Å². The molecule has 26 heavy (non-hydrogen) atoms. The molecule has 4 rings (SSSR count). The normalized spacial score (nSPS) is 23.2. The largest absolute Gasteiger partial charge is 0.493 e. The van der Waals surface area contributed by atoms with Crippen LogP contribution in [0.15, 0.2) is 40.9 Å². The molecule has 0 saturated carbocycles. The molecule has 3 atom stereocenters. The van der Waals surface area contributed by atoms with Crippen LogP contribution in [0.3, 0.4) is 0 Å². The summed E-state index contributed by atoms with van der Waals surface area (Å²) in [6, 6.07) is 8.01. The van der Waals surface area contributed by atoms with Crippen LogP contribution in [0.4, 0.5) is 5.69 Å². The molecule has 0 amide bonds. The molecule has 1 N–H and O–H groups in total. The van der Waals surface area contributed by atoms with E-state index in [1.807, 2.05) is 18.2 Å². The smallest absolute Gasteiger partial charge is 0.174 e. The van der Waals surface area contributed by atoms with Crippen LogP contribution >= 0.6 is 39.1 Å². The first kappa shape index (κ1) is 18.0. The van der Waals surface area contributed by atoms with Crippen molar-refractivity contribution in [1.82, 2.24) is 0 Å². The van der Waals surface area contributed by atoms with Crippen molar-refractivity contribution in [3.8, 4) is 11.5 Å². The van der Waals surface area contributed by atoms with Gasteiger partial charge in [0.2, 0.25) is 0 Å². The topological polar surface area (TPSA) is 30.5 Å². The first-order chi connectivity index (χ1) is 12.5. The highest BCUT2D eigenvalue weighted by molar-refractivity contribution is 9.10. The van der Waals surface area contributed by atoms with Gasteiger partial charge in [-0.3, -0.25) is 0 Å². The molecule has 2 aromatic carbocycles. The highest BCUT2D eigenvalue weighted by Crippen LogP contribution is 2.53. The van der Waals surface area contributed by atoms with Crippen LogP contribution in [0.25, 0.3) is 0 Å². The fourth-order valence-corrected chi connectivity index (χ4v) is 5.33. The number of ether oxygens (including phenoxy) is 2. The summed E-state index contributed by atoms with van der Waals surface area (Å²) in [7, 11) is 3.29. The number of anilines is 1. The number of methoxy groups -OCH3 is 2. The van der Waals surface area contributed by atoms with Crippen LogP contribution in [-0.2, 0) is 0 Å². The average molecular weight is 455 g/mol. The van der Waals surface area contributed by atoms with Crippen LogP contribution in [-0.4, -0.2) is 14.2 Å². The van der Waals surface area contributed by atoms with Gasteiger partial charge in [-0.05, 0) is 58.1 Å². The predicted molar refractivity (Wildman–Crippen MR) is 110 cm³/mol. The lowest BCUT2D eigenvalue weighted by atomic mass is 9.77. The maximum Gasteiger partial charge on any atom is 0.174 e. The van der Waals surface area contributed by atoms with Gasteiger partial charge in [-0.25, -0.2) is 0 Å². The highest BCUT2D eigenvalue weighted by atomic mass is 79.9. The molecule has 1 aliphatic heterocycles. The Morgan fingerprint density at radius 2 is 1.92 bits per heavy atom. The fourth-order valence-electron chi connectivity index (χ4n) is 4.09. The lowest BCUT2D eigenvalue weighted by molar-refractivity contribution is 0.351. The summed E-state index contributed by atoms with van der Waals surface area (Å²) in [5, 5.41) is 5.01. The minimum atomic E-state index is 0.119. The zero-order valence-corrected chi connectivity index (χ0v) is 17.5. The second kappa shape index (κ2) is 6.99. The third kappa shape index (κ3) is 2.88. The zero-order chi connectivity index (χ0) is 18.4. The molecule has 6 heteroatoms. The van der Waals surface area contributed by atoms with Crippen molar-refractivity contribution in [2.75, 3.05) is 19.5 Å². The summed E-state index contributed by atoms with van der Waals surface area (Å²) in [6.45, 7) is 0. The SMILES string of the molecule is COc1cc([C@@H]2Nc3cc(Cl)cc(Cl)c3C3C=CCC32)cc(Br)c1OC. The fraction of sp³-hybridized carbons (Fsp3) is 0.300. The minimum Gasteiger partial charge on any atom is -0.493 e. The van der Waals surface area contributed by atoms with Gasteiger partial charge in [-0.2, -0.15) is 0 Å². The summed E-state index contributed by atoms with van der Waals surface area (Å²) in [5.74, 6) is 2.05.